The van der Waals surface area contributed by atoms with Crippen LogP contribution in [0.2, 0.25) is 0 Å². The summed E-state index contributed by atoms with van der Waals surface area (Å²) in [6.07, 6.45) is 0.872. The minimum absolute atomic E-state index is 0.0238. The van der Waals surface area contributed by atoms with Crippen molar-refractivity contribution in [1.29, 1.82) is 0 Å². The summed E-state index contributed by atoms with van der Waals surface area (Å²) in [5, 5.41) is 2.70. The molecule has 3 heterocycles. The van der Waals surface area contributed by atoms with Crippen LogP contribution in [0.1, 0.15) is 17.5 Å². The first kappa shape index (κ1) is 16.5. The van der Waals surface area contributed by atoms with Crippen molar-refractivity contribution < 1.29 is 9.59 Å². The van der Waals surface area contributed by atoms with Gasteiger partial charge in [-0.3, -0.25) is 19.9 Å². The van der Waals surface area contributed by atoms with E-state index in [1.807, 2.05) is 17.0 Å². The average Bonchev–Trinajstić information content (AvgIpc) is 3.23. The fourth-order valence-corrected chi connectivity index (χ4v) is 4.25. The van der Waals surface area contributed by atoms with Gasteiger partial charge in [0.05, 0.1) is 6.54 Å². The summed E-state index contributed by atoms with van der Waals surface area (Å²) in [5.74, 6) is 0.256. The van der Waals surface area contributed by atoms with Gasteiger partial charge in [0, 0.05) is 45.2 Å². The van der Waals surface area contributed by atoms with Crippen LogP contribution in [0.4, 0.5) is 0 Å². The van der Waals surface area contributed by atoms with Gasteiger partial charge in [-0.05, 0) is 17.5 Å². The molecule has 0 aliphatic carbocycles. The molecule has 3 aliphatic heterocycles. The van der Waals surface area contributed by atoms with Crippen molar-refractivity contribution in [2.75, 3.05) is 26.7 Å². The second-order valence-electron chi connectivity index (χ2n) is 7.19. The molecule has 2 saturated heterocycles. The Bertz CT molecular complexity index is 654. The summed E-state index contributed by atoms with van der Waals surface area (Å²) in [5.41, 5.74) is 8.93. The molecule has 0 saturated carbocycles. The van der Waals surface area contributed by atoms with Crippen molar-refractivity contribution in [3.8, 4) is 0 Å². The molecule has 0 bridgehead atoms. The standard InChI is InChI=1S/C18H25N5O2/c1-19-18(25)17-14-10-23(7-6-15(14)20-21-17)16(24)11-22-8-12-4-2-3-5-13(12)9-22/h2-5,14-15,17,20-21H,6-11H2,1H3,(H,19,25). The Morgan fingerprint density at radius 3 is 2.60 bits per heavy atom. The molecule has 3 aliphatic rings. The third kappa shape index (κ3) is 3.15. The van der Waals surface area contributed by atoms with E-state index in [0.29, 0.717) is 13.1 Å². The fraction of sp³-hybridized carbons (Fsp3) is 0.556. The lowest BCUT2D eigenvalue weighted by atomic mass is 9.88. The zero-order chi connectivity index (χ0) is 17.4. The number of amides is 2. The van der Waals surface area contributed by atoms with Gasteiger partial charge in [-0.25, -0.2) is 5.43 Å². The lowest BCUT2D eigenvalue weighted by Crippen LogP contribution is -2.52. The number of piperidine rings is 1. The van der Waals surface area contributed by atoms with E-state index in [0.717, 1.165) is 26.1 Å². The summed E-state index contributed by atoms with van der Waals surface area (Å²) in [4.78, 5) is 28.9. The van der Waals surface area contributed by atoms with Crippen molar-refractivity contribution in [1.82, 2.24) is 26.0 Å². The molecule has 134 valence electrons. The topological polar surface area (TPSA) is 76.7 Å². The highest BCUT2D eigenvalue weighted by molar-refractivity contribution is 5.83. The van der Waals surface area contributed by atoms with Gasteiger partial charge in [0.25, 0.3) is 0 Å². The summed E-state index contributed by atoms with van der Waals surface area (Å²) >= 11 is 0. The van der Waals surface area contributed by atoms with Crippen LogP contribution in [-0.2, 0) is 22.7 Å². The Balaban J connectivity index is 1.36. The quantitative estimate of drug-likeness (QED) is 0.686. The predicted molar refractivity (Wildman–Crippen MR) is 93.2 cm³/mol. The molecule has 0 aromatic heterocycles. The number of fused-ring (bicyclic) bond motifs is 2. The Hall–Kier alpha value is -1.96. The first-order chi connectivity index (χ1) is 12.2. The van der Waals surface area contributed by atoms with Crippen molar-refractivity contribution in [2.24, 2.45) is 5.92 Å². The Labute approximate surface area is 147 Å². The maximum Gasteiger partial charge on any atom is 0.238 e. The summed E-state index contributed by atoms with van der Waals surface area (Å²) in [6.45, 7) is 3.49. The molecule has 1 aromatic rings. The number of hydrogen-bond acceptors (Lipinski definition) is 5. The predicted octanol–water partition coefficient (Wildman–Crippen LogP) is -0.558. The summed E-state index contributed by atoms with van der Waals surface area (Å²) < 4.78 is 0. The number of carbonyl (C=O) groups is 2. The van der Waals surface area contributed by atoms with Crippen LogP contribution in [0.25, 0.3) is 0 Å². The Morgan fingerprint density at radius 2 is 1.92 bits per heavy atom. The highest BCUT2D eigenvalue weighted by Gasteiger charge is 2.43. The number of rotatable bonds is 3. The molecule has 3 atom stereocenters. The van der Waals surface area contributed by atoms with Crippen molar-refractivity contribution in [3.63, 3.8) is 0 Å². The Morgan fingerprint density at radius 1 is 1.20 bits per heavy atom. The summed E-state index contributed by atoms with van der Waals surface area (Å²) in [7, 11) is 1.65. The van der Waals surface area contributed by atoms with Gasteiger partial charge in [0.2, 0.25) is 11.8 Å². The minimum atomic E-state index is -0.276. The van der Waals surface area contributed by atoms with E-state index in [-0.39, 0.29) is 29.8 Å². The first-order valence-electron chi connectivity index (χ1n) is 8.95. The second-order valence-corrected chi connectivity index (χ2v) is 7.19. The highest BCUT2D eigenvalue weighted by Crippen LogP contribution is 2.26. The van der Waals surface area contributed by atoms with E-state index in [1.165, 1.54) is 11.1 Å². The minimum Gasteiger partial charge on any atom is -0.358 e. The molecule has 0 spiro atoms. The maximum atomic E-state index is 12.8. The number of likely N-dealkylation sites (tertiary alicyclic amines) is 1. The first-order valence-corrected chi connectivity index (χ1v) is 8.95. The number of hydrazine groups is 1. The van der Waals surface area contributed by atoms with Crippen LogP contribution in [-0.4, -0.2) is 60.4 Å². The van der Waals surface area contributed by atoms with Gasteiger partial charge in [-0.15, -0.1) is 0 Å². The zero-order valence-electron chi connectivity index (χ0n) is 14.5. The molecule has 25 heavy (non-hydrogen) atoms. The summed E-state index contributed by atoms with van der Waals surface area (Å²) in [6, 6.07) is 8.34. The van der Waals surface area contributed by atoms with E-state index >= 15 is 0 Å². The van der Waals surface area contributed by atoms with Crippen LogP contribution in [0.15, 0.2) is 24.3 Å². The number of nitrogens with zero attached hydrogens (tertiary/aromatic N) is 2. The van der Waals surface area contributed by atoms with Gasteiger partial charge in [-0.1, -0.05) is 24.3 Å². The lowest BCUT2D eigenvalue weighted by Gasteiger charge is -2.36. The number of hydrogen-bond donors (Lipinski definition) is 3. The average molecular weight is 343 g/mol. The van der Waals surface area contributed by atoms with Crippen LogP contribution in [0.3, 0.4) is 0 Å². The van der Waals surface area contributed by atoms with E-state index in [2.05, 4.69) is 33.2 Å². The van der Waals surface area contributed by atoms with Crippen LogP contribution >= 0.6 is 0 Å². The SMILES string of the molecule is CNC(=O)C1NNC2CCN(C(=O)CN3Cc4ccccc4C3)CC21. The van der Waals surface area contributed by atoms with Gasteiger partial charge in [-0.2, -0.15) is 0 Å². The molecule has 3 unspecified atom stereocenters. The molecule has 4 rings (SSSR count). The van der Waals surface area contributed by atoms with Crippen LogP contribution in [0.5, 0.6) is 0 Å². The number of benzene rings is 1. The molecular formula is C18H25N5O2. The lowest BCUT2D eigenvalue weighted by molar-refractivity contribution is -0.135. The molecule has 2 amide bonds. The van der Waals surface area contributed by atoms with E-state index < -0.39 is 0 Å². The third-order valence-corrected chi connectivity index (χ3v) is 5.66. The fourth-order valence-electron chi connectivity index (χ4n) is 4.25. The van der Waals surface area contributed by atoms with E-state index in [1.54, 1.807) is 7.05 Å². The van der Waals surface area contributed by atoms with Gasteiger partial charge >= 0.3 is 0 Å². The second kappa shape index (κ2) is 6.74. The smallest absolute Gasteiger partial charge is 0.238 e. The molecular weight excluding hydrogens is 318 g/mol. The number of likely N-dealkylation sites (N-methyl/N-ethyl adjacent to an activating group) is 1. The maximum absolute atomic E-state index is 12.8. The third-order valence-electron chi connectivity index (χ3n) is 5.66. The van der Waals surface area contributed by atoms with E-state index in [9.17, 15) is 9.59 Å². The zero-order valence-corrected chi connectivity index (χ0v) is 14.5. The highest BCUT2D eigenvalue weighted by atomic mass is 16.2. The van der Waals surface area contributed by atoms with Gasteiger partial charge < -0.3 is 10.2 Å². The van der Waals surface area contributed by atoms with Crippen LogP contribution < -0.4 is 16.2 Å². The molecule has 0 radical (unpaired) electrons. The molecule has 1 aromatic carbocycles. The molecule has 2 fully saturated rings. The van der Waals surface area contributed by atoms with Crippen molar-refractivity contribution >= 4 is 11.8 Å². The normalized spacial score (nSPS) is 28.5. The molecule has 3 N–H and O–H groups in total. The van der Waals surface area contributed by atoms with Crippen molar-refractivity contribution in [2.45, 2.75) is 31.6 Å². The molecule has 7 nitrogen and oxygen atoms in total. The van der Waals surface area contributed by atoms with Crippen molar-refractivity contribution in [3.05, 3.63) is 35.4 Å². The number of nitrogens with one attached hydrogen (secondary N) is 3. The van der Waals surface area contributed by atoms with E-state index in [4.69, 9.17) is 0 Å². The number of carbonyl (C=O) groups excluding carboxylic acids is 2. The molecule has 7 heteroatoms. The van der Waals surface area contributed by atoms with Gasteiger partial charge in [0.15, 0.2) is 0 Å². The largest absolute Gasteiger partial charge is 0.358 e. The van der Waals surface area contributed by atoms with Gasteiger partial charge in [0.1, 0.15) is 6.04 Å². The monoisotopic (exact) mass is 343 g/mol. The Kier molecular flexibility index (Phi) is 4.45. The van der Waals surface area contributed by atoms with Crippen LogP contribution in [0, 0.1) is 5.92 Å².